The van der Waals surface area contributed by atoms with Crippen molar-refractivity contribution in [3.05, 3.63) is 30.3 Å². The maximum atomic E-state index is 11.1. The molecule has 1 aromatic carbocycles. The molecule has 2 atom stereocenters. The molecule has 0 heterocycles. The quantitative estimate of drug-likeness (QED) is 0.639. The molecule has 5 nitrogen and oxygen atoms in total. The molecule has 0 saturated carbocycles. The second-order valence-electron chi connectivity index (χ2n) is 5.21. The lowest BCUT2D eigenvalue weighted by molar-refractivity contribution is -0.140. The van der Waals surface area contributed by atoms with Crippen LogP contribution in [0, 0.1) is 5.92 Å². The van der Waals surface area contributed by atoms with E-state index in [2.05, 4.69) is 5.32 Å². The number of rotatable bonds is 9. The van der Waals surface area contributed by atoms with E-state index < -0.39 is 18.1 Å². The SMILES string of the molecule is CC(C)CC(NCC(O)COc1ccccc1)C(=O)O. The van der Waals surface area contributed by atoms with Crippen LogP contribution in [0.1, 0.15) is 20.3 Å². The van der Waals surface area contributed by atoms with E-state index >= 15 is 0 Å². The zero-order valence-electron chi connectivity index (χ0n) is 12.0. The average Bonchev–Trinajstić information content (AvgIpc) is 2.41. The lowest BCUT2D eigenvalue weighted by Crippen LogP contribution is -2.43. The van der Waals surface area contributed by atoms with Gasteiger partial charge in [0.1, 0.15) is 24.5 Å². The summed E-state index contributed by atoms with van der Waals surface area (Å²) in [4.78, 5) is 11.1. The summed E-state index contributed by atoms with van der Waals surface area (Å²) in [5, 5.41) is 21.7. The molecule has 3 N–H and O–H groups in total. The number of aliphatic hydroxyl groups excluding tert-OH is 1. The summed E-state index contributed by atoms with van der Waals surface area (Å²) in [6.45, 7) is 4.25. The fourth-order valence-corrected chi connectivity index (χ4v) is 1.79. The molecule has 0 amide bonds. The molecule has 0 aliphatic heterocycles. The predicted molar refractivity (Wildman–Crippen MR) is 76.8 cm³/mol. The number of hydrogen-bond acceptors (Lipinski definition) is 4. The highest BCUT2D eigenvalue weighted by molar-refractivity contribution is 5.73. The Bertz CT molecular complexity index is 394. The third kappa shape index (κ3) is 6.54. The number of aliphatic hydroxyl groups is 1. The van der Waals surface area contributed by atoms with Gasteiger partial charge in [0.25, 0.3) is 0 Å². The third-order valence-electron chi connectivity index (χ3n) is 2.79. The van der Waals surface area contributed by atoms with Gasteiger partial charge in [0.05, 0.1) is 0 Å². The Morgan fingerprint density at radius 1 is 1.30 bits per heavy atom. The maximum absolute atomic E-state index is 11.1. The van der Waals surface area contributed by atoms with E-state index in [0.717, 1.165) is 0 Å². The Labute approximate surface area is 119 Å². The Balaban J connectivity index is 2.30. The van der Waals surface area contributed by atoms with Gasteiger partial charge in [-0.05, 0) is 24.5 Å². The number of para-hydroxylation sites is 1. The smallest absolute Gasteiger partial charge is 0.320 e. The molecule has 1 rings (SSSR count). The van der Waals surface area contributed by atoms with Crippen LogP contribution in [0.4, 0.5) is 0 Å². The second kappa shape index (κ2) is 8.55. The Hall–Kier alpha value is -1.59. The molecule has 0 fully saturated rings. The van der Waals surface area contributed by atoms with Gasteiger partial charge in [0.15, 0.2) is 0 Å². The maximum Gasteiger partial charge on any atom is 0.320 e. The highest BCUT2D eigenvalue weighted by atomic mass is 16.5. The van der Waals surface area contributed by atoms with E-state index in [1.54, 1.807) is 12.1 Å². The molecule has 0 bridgehead atoms. The van der Waals surface area contributed by atoms with Crippen molar-refractivity contribution in [2.24, 2.45) is 5.92 Å². The topological polar surface area (TPSA) is 78.8 Å². The first-order valence-corrected chi connectivity index (χ1v) is 6.81. The van der Waals surface area contributed by atoms with Gasteiger partial charge >= 0.3 is 5.97 Å². The van der Waals surface area contributed by atoms with Crippen LogP contribution >= 0.6 is 0 Å². The molecule has 0 saturated heterocycles. The Morgan fingerprint density at radius 2 is 1.95 bits per heavy atom. The van der Waals surface area contributed by atoms with E-state index in [1.807, 2.05) is 32.0 Å². The van der Waals surface area contributed by atoms with E-state index in [-0.39, 0.29) is 19.1 Å². The third-order valence-corrected chi connectivity index (χ3v) is 2.79. The van der Waals surface area contributed by atoms with Crippen LogP contribution in [0.15, 0.2) is 30.3 Å². The molecule has 20 heavy (non-hydrogen) atoms. The Kier molecular flexibility index (Phi) is 7.04. The first-order chi connectivity index (χ1) is 9.49. The van der Waals surface area contributed by atoms with Crippen LogP contribution in [-0.2, 0) is 4.79 Å². The van der Waals surface area contributed by atoms with Crippen molar-refractivity contribution < 1.29 is 19.7 Å². The van der Waals surface area contributed by atoms with Crippen LogP contribution < -0.4 is 10.1 Å². The van der Waals surface area contributed by atoms with Gasteiger partial charge in [-0.15, -0.1) is 0 Å². The molecular formula is C15H23NO4. The number of carboxylic acid groups (broad SMARTS) is 1. The van der Waals surface area contributed by atoms with Gasteiger partial charge in [-0.25, -0.2) is 0 Å². The lowest BCUT2D eigenvalue weighted by Gasteiger charge is -2.19. The largest absolute Gasteiger partial charge is 0.491 e. The summed E-state index contributed by atoms with van der Waals surface area (Å²) in [6.07, 6.45) is -0.217. The standard InChI is InChI=1S/C15H23NO4/c1-11(2)8-14(15(18)19)16-9-12(17)10-20-13-6-4-3-5-7-13/h3-7,11-12,14,16-17H,8-10H2,1-2H3,(H,18,19). The van der Waals surface area contributed by atoms with Gasteiger partial charge in [0.2, 0.25) is 0 Å². The number of carboxylic acids is 1. The van der Waals surface area contributed by atoms with Crippen LogP contribution in [-0.4, -0.2) is 41.5 Å². The first-order valence-electron chi connectivity index (χ1n) is 6.81. The summed E-state index contributed by atoms with van der Waals surface area (Å²) in [7, 11) is 0. The normalized spacial score (nSPS) is 14.0. The molecule has 112 valence electrons. The van der Waals surface area contributed by atoms with Crippen molar-refractivity contribution in [3.63, 3.8) is 0 Å². The number of ether oxygens (including phenoxy) is 1. The van der Waals surface area contributed by atoms with E-state index in [4.69, 9.17) is 9.84 Å². The summed E-state index contributed by atoms with van der Waals surface area (Å²) in [5.41, 5.74) is 0. The number of aliphatic carboxylic acids is 1. The van der Waals surface area contributed by atoms with Gasteiger partial charge in [-0.2, -0.15) is 0 Å². The van der Waals surface area contributed by atoms with Crippen molar-refractivity contribution in [2.45, 2.75) is 32.4 Å². The first kappa shape index (κ1) is 16.5. The van der Waals surface area contributed by atoms with Crippen molar-refractivity contribution in [1.82, 2.24) is 5.32 Å². The Morgan fingerprint density at radius 3 is 2.50 bits per heavy atom. The number of nitrogens with one attached hydrogen (secondary N) is 1. The van der Waals surface area contributed by atoms with Crippen LogP contribution in [0.5, 0.6) is 5.75 Å². The minimum absolute atomic E-state index is 0.130. The van der Waals surface area contributed by atoms with Crippen LogP contribution in [0.2, 0.25) is 0 Å². The van der Waals surface area contributed by atoms with Gasteiger partial charge in [0, 0.05) is 6.54 Å². The number of hydrogen-bond donors (Lipinski definition) is 3. The lowest BCUT2D eigenvalue weighted by atomic mass is 10.0. The van der Waals surface area contributed by atoms with Crippen molar-refractivity contribution >= 4 is 5.97 Å². The fourth-order valence-electron chi connectivity index (χ4n) is 1.79. The molecular weight excluding hydrogens is 258 g/mol. The van der Waals surface area contributed by atoms with Gasteiger partial charge in [-0.1, -0.05) is 32.0 Å². The summed E-state index contributed by atoms with van der Waals surface area (Å²) in [5.74, 6) is 0.0692. The monoisotopic (exact) mass is 281 g/mol. The van der Waals surface area contributed by atoms with Crippen LogP contribution in [0.25, 0.3) is 0 Å². The molecule has 0 aliphatic carbocycles. The summed E-state index contributed by atoms with van der Waals surface area (Å²) in [6, 6.07) is 8.56. The van der Waals surface area contributed by atoms with Gasteiger partial charge < -0.3 is 20.3 Å². The van der Waals surface area contributed by atoms with Crippen molar-refractivity contribution in [2.75, 3.05) is 13.2 Å². The zero-order chi connectivity index (χ0) is 15.0. The minimum Gasteiger partial charge on any atom is -0.491 e. The van der Waals surface area contributed by atoms with Crippen LogP contribution in [0.3, 0.4) is 0 Å². The molecule has 0 spiro atoms. The molecule has 0 aromatic heterocycles. The molecule has 2 unspecified atom stereocenters. The highest BCUT2D eigenvalue weighted by Gasteiger charge is 2.19. The van der Waals surface area contributed by atoms with E-state index in [1.165, 1.54) is 0 Å². The summed E-state index contributed by atoms with van der Waals surface area (Å²) >= 11 is 0. The molecule has 1 aromatic rings. The predicted octanol–water partition coefficient (Wildman–Crippen LogP) is 1.52. The van der Waals surface area contributed by atoms with Crippen molar-refractivity contribution in [3.8, 4) is 5.75 Å². The second-order valence-corrected chi connectivity index (χ2v) is 5.21. The average molecular weight is 281 g/mol. The zero-order valence-corrected chi connectivity index (χ0v) is 12.0. The van der Waals surface area contributed by atoms with Gasteiger partial charge in [-0.3, -0.25) is 4.79 Å². The van der Waals surface area contributed by atoms with E-state index in [0.29, 0.717) is 12.2 Å². The molecule has 0 aliphatic rings. The number of benzene rings is 1. The summed E-state index contributed by atoms with van der Waals surface area (Å²) < 4.78 is 5.40. The minimum atomic E-state index is -0.894. The fraction of sp³-hybridized carbons (Fsp3) is 0.533. The van der Waals surface area contributed by atoms with Crippen molar-refractivity contribution in [1.29, 1.82) is 0 Å². The molecule has 0 radical (unpaired) electrons. The van der Waals surface area contributed by atoms with E-state index in [9.17, 15) is 9.90 Å². The molecule has 5 heteroatoms. The highest BCUT2D eigenvalue weighted by Crippen LogP contribution is 2.09. The number of carbonyl (C=O) groups is 1.